The average molecular weight is 242 g/mol. The first kappa shape index (κ1) is 15.1. The second-order valence-corrected chi connectivity index (χ2v) is 9.18. The molecule has 0 aliphatic rings. The van der Waals surface area contributed by atoms with Crippen molar-refractivity contribution in [2.75, 3.05) is 7.11 Å². The monoisotopic (exact) mass is 242 g/mol. The summed E-state index contributed by atoms with van der Waals surface area (Å²) < 4.78 is 4.62. The SMILES string of the molecule is C=CC[Si](C)(C)/C(=C\C(=O)OC)C(O)CC. The summed E-state index contributed by atoms with van der Waals surface area (Å²) in [5, 5.41) is 10.8. The highest BCUT2D eigenvalue weighted by Crippen LogP contribution is 2.24. The number of methoxy groups -OCH3 is 1. The van der Waals surface area contributed by atoms with E-state index >= 15 is 0 Å². The Morgan fingerprint density at radius 2 is 2.12 bits per heavy atom. The van der Waals surface area contributed by atoms with Crippen molar-refractivity contribution in [3.63, 3.8) is 0 Å². The van der Waals surface area contributed by atoms with Crippen molar-refractivity contribution >= 4 is 14.0 Å². The summed E-state index contributed by atoms with van der Waals surface area (Å²) in [5.41, 5.74) is 0. The van der Waals surface area contributed by atoms with Gasteiger partial charge in [-0.2, -0.15) is 0 Å². The third-order valence-electron chi connectivity index (χ3n) is 2.66. The van der Waals surface area contributed by atoms with Crippen LogP contribution in [0.1, 0.15) is 13.3 Å². The topological polar surface area (TPSA) is 46.5 Å². The van der Waals surface area contributed by atoms with Gasteiger partial charge in [0.2, 0.25) is 0 Å². The van der Waals surface area contributed by atoms with Crippen LogP contribution in [0.15, 0.2) is 23.9 Å². The van der Waals surface area contributed by atoms with Crippen LogP contribution < -0.4 is 0 Å². The molecule has 0 radical (unpaired) electrons. The summed E-state index contributed by atoms with van der Waals surface area (Å²) in [6.07, 6.45) is 3.35. The smallest absolute Gasteiger partial charge is 0.330 e. The fraction of sp³-hybridized carbons (Fsp3) is 0.583. The molecule has 0 fully saturated rings. The first-order chi connectivity index (χ1) is 7.38. The molecule has 0 amide bonds. The Kier molecular flexibility index (Phi) is 6.29. The van der Waals surface area contributed by atoms with Crippen LogP contribution in [-0.4, -0.2) is 32.4 Å². The second-order valence-electron chi connectivity index (χ2n) is 4.42. The molecule has 0 aliphatic carbocycles. The molecule has 0 aliphatic heterocycles. The molecule has 1 N–H and O–H groups in total. The van der Waals surface area contributed by atoms with Gasteiger partial charge in [-0.05, 0) is 17.7 Å². The van der Waals surface area contributed by atoms with Gasteiger partial charge >= 0.3 is 5.97 Å². The first-order valence-corrected chi connectivity index (χ1v) is 8.68. The predicted octanol–water partition coefficient (Wildman–Crippen LogP) is 2.29. The van der Waals surface area contributed by atoms with E-state index in [9.17, 15) is 9.90 Å². The average Bonchev–Trinajstić information content (AvgIpc) is 2.24. The predicted molar refractivity (Wildman–Crippen MR) is 68.9 cm³/mol. The third kappa shape index (κ3) is 4.33. The summed E-state index contributed by atoms with van der Waals surface area (Å²) in [4.78, 5) is 11.3. The number of ether oxygens (including phenoxy) is 1. The van der Waals surface area contributed by atoms with Crippen LogP contribution in [0.3, 0.4) is 0 Å². The Morgan fingerprint density at radius 3 is 2.50 bits per heavy atom. The van der Waals surface area contributed by atoms with Crippen LogP contribution in [0, 0.1) is 0 Å². The number of hydrogen-bond acceptors (Lipinski definition) is 3. The minimum atomic E-state index is -1.80. The highest BCUT2D eigenvalue weighted by molar-refractivity contribution is 6.85. The Hall–Kier alpha value is -0.873. The van der Waals surface area contributed by atoms with Crippen LogP contribution in [-0.2, 0) is 9.53 Å². The van der Waals surface area contributed by atoms with Crippen molar-refractivity contribution < 1.29 is 14.6 Å². The maximum atomic E-state index is 11.3. The Bertz CT molecular complexity index is 282. The zero-order valence-corrected chi connectivity index (χ0v) is 11.6. The Balaban J connectivity index is 5.15. The number of carbonyl (C=O) groups is 1. The molecular formula is C12H22O3Si. The molecule has 4 heteroatoms. The van der Waals surface area contributed by atoms with Crippen molar-refractivity contribution in [3.05, 3.63) is 23.9 Å². The number of rotatable bonds is 6. The maximum absolute atomic E-state index is 11.3. The molecule has 0 spiro atoms. The van der Waals surface area contributed by atoms with Gasteiger partial charge in [0.05, 0.1) is 21.3 Å². The van der Waals surface area contributed by atoms with Gasteiger partial charge in [-0.3, -0.25) is 0 Å². The van der Waals surface area contributed by atoms with E-state index in [1.54, 1.807) is 0 Å². The third-order valence-corrected chi connectivity index (χ3v) is 6.01. The fourth-order valence-electron chi connectivity index (χ4n) is 1.63. The number of aliphatic hydroxyl groups excluding tert-OH is 1. The van der Waals surface area contributed by atoms with E-state index in [0.29, 0.717) is 6.42 Å². The zero-order chi connectivity index (χ0) is 12.8. The van der Waals surface area contributed by atoms with Gasteiger partial charge in [-0.15, -0.1) is 6.58 Å². The number of hydrogen-bond donors (Lipinski definition) is 1. The molecule has 92 valence electrons. The summed E-state index contributed by atoms with van der Waals surface area (Å²) in [7, 11) is -0.460. The molecule has 0 rings (SSSR count). The number of esters is 1. The molecule has 1 unspecified atom stereocenters. The lowest BCUT2D eigenvalue weighted by Crippen LogP contribution is -2.35. The van der Waals surface area contributed by atoms with E-state index < -0.39 is 20.1 Å². The normalized spacial score (nSPS) is 14.4. The van der Waals surface area contributed by atoms with E-state index in [2.05, 4.69) is 24.4 Å². The molecule has 0 aromatic carbocycles. The lowest BCUT2D eigenvalue weighted by atomic mass is 10.2. The van der Waals surface area contributed by atoms with E-state index in [1.807, 2.05) is 13.0 Å². The minimum Gasteiger partial charge on any atom is -0.466 e. The molecule has 0 saturated heterocycles. The minimum absolute atomic E-state index is 0.396. The van der Waals surface area contributed by atoms with Crippen LogP contribution in [0.25, 0.3) is 0 Å². The molecule has 3 nitrogen and oxygen atoms in total. The van der Waals surface area contributed by atoms with Crippen LogP contribution >= 0.6 is 0 Å². The number of aliphatic hydroxyl groups is 1. The van der Waals surface area contributed by atoms with Crippen molar-refractivity contribution in [1.82, 2.24) is 0 Å². The van der Waals surface area contributed by atoms with Gasteiger partial charge in [-0.1, -0.05) is 26.1 Å². The Morgan fingerprint density at radius 1 is 1.56 bits per heavy atom. The van der Waals surface area contributed by atoms with E-state index in [0.717, 1.165) is 11.2 Å². The van der Waals surface area contributed by atoms with E-state index in [1.165, 1.54) is 13.2 Å². The van der Waals surface area contributed by atoms with Gasteiger partial charge in [0.1, 0.15) is 0 Å². The fourth-order valence-corrected chi connectivity index (χ4v) is 4.20. The molecule has 0 aromatic heterocycles. The lowest BCUT2D eigenvalue weighted by Gasteiger charge is -2.27. The molecule has 16 heavy (non-hydrogen) atoms. The Labute approximate surface area is 98.8 Å². The quantitative estimate of drug-likeness (QED) is 0.336. The summed E-state index contributed by atoms with van der Waals surface area (Å²) in [6.45, 7) is 9.85. The molecule has 1 atom stereocenters. The zero-order valence-electron chi connectivity index (χ0n) is 10.6. The largest absolute Gasteiger partial charge is 0.466 e. The van der Waals surface area contributed by atoms with E-state index in [-0.39, 0.29) is 0 Å². The van der Waals surface area contributed by atoms with Crippen molar-refractivity contribution in [2.24, 2.45) is 0 Å². The standard InChI is InChI=1S/C12H22O3Si/c1-6-8-16(4,5)11(10(13)7-2)9-12(14)15-3/h6,9-10,13H,1,7-8H2,2-5H3/b11-9-. The summed E-state index contributed by atoms with van der Waals surface area (Å²) in [6, 6.07) is 0.840. The van der Waals surface area contributed by atoms with Crippen LogP contribution in [0.4, 0.5) is 0 Å². The van der Waals surface area contributed by atoms with E-state index in [4.69, 9.17) is 0 Å². The molecule has 0 bridgehead atoms. The van der Waals surface area contributed by atoms with Gasteiger partial charge in [0.25, 0.3) is 0 Å². The first-order valence-electron chi connectivity index (χ1n) is 5.48. The van der Waals surface area contributed by atoms with Crippen molar-refractivity contribution in [3.8, 4) is 0 Å². The van der Waals surface area contributed by atoms with Crippen LogP contribution in [0.5, 0.6) is 0 Å². The second kappa shape index (κ2) is 6.65. The number of carbonyl (C=O) groups excluding carboxylic acids is 1. The number of allylic oxidation sites excluding steroid dienone is 1. The van der Waals surface area contributed by atoms with Gasteiger partial charge < -0.3 is 9.84 Å². The van der Waals surface area contributed by atoms with Gasteiger partial charge in [-0.25, -0.2) is 4.79 Å². The summed E-state index contributed by atoms with van der Waals surface area (Å²) >= 11 is 0. The van der Waals surface area contributed by atoms with Gasteiger partial charge in [0, 0.05) is 6.08 Å². The summed E-state index contributed by atoms with van der Waals surface area (Å²) in [5.74, 6) is -0.396. The highest BCUT2D eigenvalue weighted by atomic mass is 28.3. The van der Waals surface area contributed by atoms with Gasteiger partial charge in [0.15, 0.2) is 0 Å². The van der Waals surface area contributed by atoms with Crippen molar-refractivity contribution in [1.29, 1.82) is 0 Å². The molecular weight excluding hydrogens is 220 g/mol. The van der Waals surface area contributed by atoms with Crippen LogP contribution in [0.2, 0.25) is 19.1 Å². The maximum Gasteiger partial charge on any atom is 0.330 e. The molecule has 0 heterocycles. The van der Waals surface area contributed by atoms with Crippen molar-refractivity contribution in [2.45, 2.75) is 38.6 Å². The highest BCUT2D eigenvalue weighted by Gasteiger charge is 2.29. The lowest BCUT2D eigenvalue weighted by molar-refractivity contribution is -0.134. The molecule has 0 saturated carbocycles. The molecule has 0 aromatic rings.